The first-order valence-corrected chi connectivity index (χ1v) is 10.6. The maximum Gasteiger partial charge on any atom is 0.251 e. The van der Waals surface area contributed by atoms with Crippen molar-refractivity contribution in [1.29, 1.82) is 0 Å². The van der Waals surface area contributed by atoms with Crippen LogP contribution < -0.4 is 5.32 Å². The smallest absolute Gasteiger partial charge is 0.251 e. The predicted octanol–water partition coefficient (Wildman–Crippen LogP) is 4.16. The summed E-state index contributed by atoms with van der Waals surface area (Å²) in [5, 5.41) is 2.97. The lowest BCUT2D eigenvalue weighted by molar-refractivity contribution is 0.0951. The number of nitrogens with zero attached hydrogens (tertiary/aromatic N) is 1. The predicted molar refractivity (Wildman–Crippen MR) is 108 cm³/mol. The second-order valence-corrected chi connectivity index (χ2v) is 8.60. The van der Waals surface area contributed by atoms with Crippen molar-refractivity contribution < 1.29 is 13.4 Å². The van der Waals surface area contributed by atoms with Gasteiger partial charge < -0.3 is 9.73 Å². The minimum absolute atomic E-state index is 0.0492. The van der Waals surface area contributed by atoms with Crippen LogP contribution in [0, 0.1) is 13.8 Å². The van der Waals surface area contributed by atoms with Crippen LogP contribution in [0.5, 0.6) is 0 Å². The number of oxazole rings is 1. The molecule has 1 atom stereocenters. The van der Waals surface area contributed by atoms with E-state index in [1.165, 1.54) is 0 Å². The van der Waals surface area contributed by atoms with E-state index in [1.54, 1.807) is 12.1 Å². The van der Waals surface area contributed by atoms with Gasteiger partial charge in [-0.1, -0.05) is 17.7 Å². The molecular weight excluding hydrogens is 372 g/mol. The van der Waals surface area contributed by atoms with Gasteiger partial charge >= 0.3 is 0 Å². The van der Waals surface area contributed by atoms with Gasteiger partial charge in [0.05, 0.1) is 22.2 Å². The average Bonchev–Trinajstić information content (AvgIpc) is 3.44. The third kappa shape index (κ3) is 4.22. The van der Waals surface area contributed by atoms with E-state index in [9.17, 15) is 9.00 Å². The fourth-order valence-corrected chi connectivity index (χ4v) is 3.97. The van der Waals surface area contributed by atoms with Gasteiger partial charge in [-0.2, -0.15) is 0 Å². The number of aromatic nitrogens is 1. The molecule has 1 fully saturated rings. The number of amides is 1. The van der Waals surface area contributed by atoms with Crippen molar-refractivity contribution >= 4 is 16.7 Å². The Morgan fingerprint density at radius 2 is 1.79 bits per heavy atom. The molecule has 0 saturated heterocycles. The molecule has 3 aromatic rings. The van der Waals surface area contributed by atoms with Crippen LogP contribution in [0.2, 0.25) is 0 Å². The highest BCUT2D eigenvalue weighted by atomic mass is 32.2. The molecule has 28 heavy (non-hydrogen) atoms. The zero-order valence-electron chi connectivity index (χ0n) is 15.9. The summed E-state index contributed by atoms with van der Waals surface area (Å²) < 4.78 is 18.4. The topological polar surface area (TPSA) is 72.2 Å². The standard InChI is InChI=1S/C22H22N2O3S/c1-14-3-11-19(12-4-14)28(26)13-20-15(2)27-22(24-20)17-7-5-16(6-8-17)21(25)23-18-9-10-18/h3-8,11-12,18H,9-10,13H2,1-2H3,(H,23,25)/t28-/m1/s1. The molecule has 0 bridgehead atoms. The Balaban J connectivity index is 1.48. The summed E-state index contributed by atoms with van der Waals surface area (Å²) in [5.41, 5.74) is 3.23. The van der Waals surface area contributed by atoms with Crippen LogP contribution in [-0.2, 0) is 16.6 Å². The molecule has 0 radical (unpaired) electrons. The van der Waals surface area contributed by atoms with Crippen molar-refractivity contribution in [2.24, 2.45) is 0 Å². The molecule has 0 aliphatic heterocycles. The van der Waals surface area contributed by atoms with Crippen LogP contribution in [-0.4, -0.2) is 21.1 Å². The molecule has 1 N–H and O–H groups in total. The monoisotopic (exact) mass is 394 g/mol. The quantitative estimate of drug-likeness (QED) is 0.681. The van der Waals surface area contributed by atoms with Crippen LogP contribution in [0.3, 0.4) is 0 Å². The molecule has 5 nitrogen and oxygen atoms in total. The van der Waals surface area contributed by atoms with E-state index in [1.807, 2.05) is 50.2 Å². The molecule has 0 spiro atoms. The molecule has 1 aliphatic carbocycles. The second kappa shape index (κ2) is 7.72. The van der Waals surface area contributed by atoms with Gasteiger partial charge in [0.25, 0.3) is 5.91 Å². The van der Waals surface area contributed by atoms with Gasteiger partial charge in [0.15, 0.2) is 0 Å². The van der Waals surface area contributed by atoms with E-state index in [2.05, 4.69) is 10.3 Å². The Hall–Kier alpha value is -2.73. The molecule has 1 saturated carbocycles. The summed E-state index contributed by atoms with van der Waals surface area (Å²) >= 11 is 0. The summed E-state index contributed by atoms with van der Waals surface area (Å²) in [6, 6.07) is 15.2. The van der Waals surface area contributed by atoms with Crippen LogP contribution in [0.15, 0.2) is 57.8 Å². The van der Waals surface area contributed by atoms with E-state index in [0.717, 1.165) is 28.9 Å². The van der Waals surface area contributed by atoms with Crippen molar-refractivity contribution in [3.05, 3.63) is 71.1 Å². The number of hydrogen-bond donors (Lipinski definition) is 1. The summed E-state index contributed by atoms with van der Waals surface area (Å²) in [4.78, 5) is 17.4. The average molecular weight is 394 g/mol. The lowest BCUT2D eigenvalue weighted by Crippen LogP contribution is -2.25. The molecule has 144 valence electrons. The number of carbonyl (C=O) groups excluding carboxylic acids is 1. The van der Waals surface area contributed by atoms with Crippen molar-refractivity contribution in [3.8, 4) is 11.5 Å². The molecule has 0 unspecified atom stereocenters. The molecule has 6 heteroatoms. The molecule has 1 aliphatic rings. The van der Waals surface area contributed by atoms with Gasteiger partial charge in [-0.15, -0.1) is 0 Å². The number of carbonyl (C=O) groups is 1. The SMILES string of the molecule is Cc1ccc([S@](=O)Cc2nc(-c3ccc(C(=O)NC4CC4)cc3)oc2C)cc1. The van der Waals surface area contributed by atoms with Crippen LogP contribution in [0.1, 0.15) is 40.2 Å². The molecule has 1 heterocycles. The van der Waals surface area contributed by atoms with E-state index < -0.39 is 10.8 Å². The summed E-state index contributed by atoms with van der Waals surface area (Å²) in [5.74, 6) is 1.39. The Bertz CT molecular complexity index is 1020. The van der Waals surface area contributed by atoms with Crippen LogP contribution in [0.25, 0.3) is 11.5 Å². The molecule has 2 aromatic carbocycles. The molecule has 4 rings (SSSR count). The Morgan fingerprint density at radius 3 is 2.43 bits per heavy atom. The summed E-state index contributed by atoms with van der Waals surface area (Å²) in [6.07, 6.45) is 2.12. The van der Waals surface area contributed by atoms with E-state index in [-0.39, 0.29) is 5.91 Å². The molecule has 1 amide bonds. The number of benzene rings is 2. The summed E-state index contributed by atoms with van der Waals surface area (Å²) in [6.45, 7) is 3.83. The Kier molecular flexibility index (Phi) is 5.13. The Labute approximate surface area is 166 Å². The first-order valence-electron chi connectivity index (χ1n) is 9.32. The lowest BCUT2D eigenvalue weighted by atomic mass is 10.1. The highest BCUT2D eigenvalue weighted by molar-refractivity contribution is 7.84. The normalized spacial score (nSPS) is 14.6. The van der Waals surface area contributed by atoms with Crippen molar-refractivity contribution in [2.45, 2.75) is 43.4 Å². The van der Waals surface area contributed by atoms with Gasteiger partial charge in [-0.3, -0.25) is 9.00 Å². The van der Waals surface area contributed by atoms with Gasteiger partial charge in [0, 0.05) is 22.1 Å². The second-order valence-electron chi connectivity index (χ2n) is 7.15. The summed E-state index contributed by atoms with van der Waals surface area (Å²) in [7, 11) is -1.18. The molecular formula is C22H22N2O3S. The van der Waals surface area contributed by atoms with E-state index in [0.29, 0.717) is 34.7 Å². The fourth-order valence-electron chi connectivity index (χ4n) is 2.84. The zero-order chi connectivity index (χ0) is 19.7. The third-order valence-corrected chi connectivity index (χ3v) is 6.08. The lowest BCUT2D eigenvalue weighted by Gasteiger charge is -2.03. The van der Waals surface area contributed by atoms with Gasteiger partial charge in [0.1, 0.15) is 5.76 Å². The number of rotatable bonds is 6. The first-order chi connectivity index (χ1) is 13.5. The van der Waals surface area contributed by atoms with E-state index in [4.69, 9.17) is 4.42 Å². The highest BCUT2D eigenvalue weighted by Gasteiger charge is 2.23. The largest absolute Gasteiger partial charge is 0.441 e. The van der Waals surface area contributed by atoms with Crippen molar-refractivity contribution in [3.63, 3.8) is 0 Å². The zero-order valence-corrected chi connectivity index (χ0v) is 16.7. The number of aryl methyl sites for hydroxylation is 2. The van der Waals surface area contributed by atoms with Crippen molar-refractivity contribution in [1.82, 2.24) is 10.3 Å². The Morgan fingerprint density at radius 1 is 1.11 bits per heavy atom. The number of hydrogen-bond acceptors (Lipinski definition) is 4. The van der Waals surface area contributed by atoms with Crippen molar-refractivity contribution in [2.75, 3.05) is 0 Å². The maximum absolute atomic E-state index is 12.6. The molecule has 1 aromatic heterocycles. The highest BCUT2D eigenvalue weighted by Crippen LogP contribution is 2.25. The third-order valence-electron chi connectivity index (χ3n) is 4.75. The van der Waals surface area contributed by atoms with Crippen LogP contribution >= 0.6 is 0 Å². The minimum atomic E-state index is -1.18. The minimum Gasteiger partial charge on any atom is -0.441 e. The van der Waals surface area contributed by atoms with Gasteiger partial charge in [-0.05, 0) is 63.1 Å². The fraction of sp³-hybridized carbons (Fsp3) is 0.273. The van der Waals surface area contributed by atoms with Gasteiger partial charge in [-0.25, -0.2) is 4.98 Å². The first kappa shape index (κ1) is 18.6. The number of nitrogens with one attached hydrogen (secondary N) is 1. The van der Waals surface area contributed by atoms with E-state index >= 15 is 0 Å². The maximum atomic E-state index is 12.6. The van der Waals surface area contributed by atoms with Crippen LogP contribution in [0.4, 0.5) is 0 Å². The van der Waals surface area contributed by atoms with Gasteiger partial charge in [0.2, 0.25) is 5.89 Å².